The zero-order valence-electron chi connectivity index (χ0n) is 18.4. The second kappa shape index (κ2) is 9.64. The molecule has 1 N–H and O–H groups in total. The minimum atomic E-state index is -1.07. The monoisotopic (exact) mass is 497 g/mol. The molecule has 0 fully saturated rings. The molecular weight excluding hydrogens is 474 g/mol. The lowest BCUT2D eigenvalue weighted by molar-refractivity contribution is -0.139. The summed E-state index contributed by atoms with van der Waals surface area (Å²) in [7, 11) is 0. The molecule has 1 amide bonds. The van der Waals surface area contributed by atoms with Gasteiger partial charge in [0.2, 0.25) is 5.91 Å². The van der Waals surface area contributed by atoms with Crippen LogP contribution in [0.15, 0.2) is 48.0 Å². The predicted octanol–water partition coefficient (Wildman–Crippen LogP) is 4.19. The van der Waals surface area contributed by atoms with E-state index in [2.05, 4.69) is 22.0 Å². The summed E-state index contributed by atoms with van der Waals surface area (Å²) < 4.78 is 5.59. The molecule has 3 heterocycles. The first-order chi connectivity index (χ1) is 16.5. The number of aliphatic carboxylic acids is 1. The Bertz CT molecular complexity index is 1230. The van der Waals surface area contributed by atoms with Gasteiger partial charge < -0.3 is 19.6 Å². The van der Waals surface area contributed by atoms with E-state index in [0.29, 0.717) is 42.3 Å². The summed E-state index contributed by atoms with van der Waals surface area (Å²) in [5.41, 5.74) is 5.94. The van der Waals surface area contributed by atoms with Crippen LogP contribution in [0.25, 0.3) is 0 Å². The van der Waals surface area contributed by atoms with Crippen LogP contribution in [-0.4, -0.2) is 53.1 Å². The second-order valence-electron chi connectivity index (χ2n) is 8.38. The number of carboxylic acids is 1. The van der Waals surface area contributed by atoms with Crippen molar-refractivity contribution >= 4 is 40.5 Å². The molecule has 0 spiro atoms. The summed E-state index contributed by atoms with van der Waals surface area (Å²) >= 11 is 7.82. The van der Waals surface area contributed by atoms with E-state index in [0.717, 1.165) is 23.5 Å². The van der Waals surface area contributed by atoms with Crippen LogP contribution in [0.2, 0.25) is 5.02 Å². The molecule has 2 aliphatic heterocycles. The van der Waals surface area contributed by atoms with Crippen LogP contribution in [0.1, 0.15) is 34.2 Å². The summed E-state index contributed by atoms with van der Waals surface area (Å²) in [6.45, 7) is 1.62. The van der Waals surface area contributed by atoms with Crippen molar-refractivity contribution in [2.75, 3.05) is 31.1 Å². The molecular formula is C25H24ClN3O4S. The van der Waals surface area contributed by atoms with Gasteiger partial charge in [-0.2, -0.15) is 0 Å². The molecule has 3 aromatic rings. The Hall–Kier alpha value is -3.10. The molecule has 2 aliphatic rings. The Kier molecular flexibility index (Phi) is 6.43. The number of nitrogens with zero attached hydrogens (tertiary/aromatic N) is 3. The number of amides is 1. The van der Waals surface area contributed by atoms with Crippen LogP contribution in [0.4, 0.5) is 5.69 Å². The van der Waals surface area contributed by atoms with Gasteiger partial charge in [0.1, 0.15) is 5.75 Å². The normalized spacial score (nSPS) is 16.8. The van der Waals surface area contributed by atoms with Crippen molar-refractivity contribution in [2.24, 2.45) is 0 Å². The first-order valence-corrected chi connectivity index (χ1v) is 12.5. The van der Waals surface area contributed by atoms with Crippen LogP contribution >= 0.6 is 22.9 Å². The Morgan fingerprint density at radius 3 is 2.88 bits per heavy atom. The number of anilines is 1. The van der Waals surface area contributed by atoms with E-state index in [1.807, 2.05) is 17.0 Å². The first kappa shape index (κ1) is 22.7. The van der Waals surface area contributed by atoms with E-state index >= 15 is 0 Å². The van der Waals surface area contributed by atoms with E-state index in [1.54, 1.807) is 23.7 Å². The molecule has 7 nitrogen and oxygen atoms in total. The van der Waals surface area contributed by atoms with Gasteiger partial charge in [-0.05, 0) is 36.2 Å². The molecule has 176 valence electrons. The van der Waals surface area contributed by atoms with Gasteiger partial charge in [-0.1, -0.05) is 29.8 Å². The highest BCUT2D eigenvalue weighted by Crippen LogP contribution is 2.42. The molecule has 0 saturated carbocycles. The van der Waals surface area contributed by atoms with Gasteiger partial charge in [0.15, 0.2) is 6.61 Å². The summed E-state index contributed by atoms with van der Waals surface area (Å²) in [6, 6.07) is 13.0. The van der Waals surface area contributed by atoms with E-state index in [-0.39, 0.29) is 5.91 Å². The molecule has 0 bridgehead atoms. The Morgan fingerprint density at radius 2 is 2.03 bits per heavy atom. The maximum atomic E-state index is 13.6. The van der Waals surface area contributed by atoms with Crippen LogP contribution in [0.5, 0.6) is 5.75 Å². The standard InChI is InChI=1S/C25H24ClN3O4S/c26-17-5-6-21(33-14-23(31)32)18(13-17)24-25-19(27-15-34-25)8-12-29(24)22(30)9-11-28-10-7-16-3-1-2-4-20(16)28/h1-6,13,15,24H,7-12,14H2,(H,31,32). The number of hydrogen-bond acceptors (Lipinski definition) is 6. The van der Waals surface area contributed by atoms with Crippen molar-refractivity contribution in [3.8, 4) is 5.75 Å². The number of carbonyl (C=O) groups excluding carboxylic acids is 1. The first-order valence-electron chi connectivity index (χ1n) is 11.2. The minimum absolute atomic E-state index is 0.0394. The van der Waals surface area contributed by atoms with Gasteiger partial charge >= 0.3 is 5.97 Å². The quantitative estimate of drug-likeness (QED) is 0.527. The average molecular weight is 498 g/mol. The molecule has 2 aromatic carbocycles. The lowest BCUT2D eigenvalue weighted by Crippen LogP contribution is -2.41. The van der Waals surface area contributed by atoms with Crippen molar-refractivity contribution in [3.05, 3.63) is 74.7 Å². The Labute approximate surface area is 206 Å². The maximum absolute atomic E-state index is 13.6. The molecule has 5 rings (SSSR count). The number of benzene rings is 2. The number of hydrogen-bond donors (Lipinski definition) is 1. The van der Waals surface area contributed by atoms with Gasteiger partial charge in [0, 0.05) is 48.7 Å². The predicted molar refractivity (Wildman–Crippen MR) is 131 cm³/mol. The molecule has 1 unspecified atom stereocenters. The fourth-order valence-corrected chi connectivity index (χ4v) is 5.93. The third kappa shape index (κ3) is 4.48. The molecule has 1 aromatic heterocycles. The molecule has 0 saturated heterocycles. The fourth-order valence-electron chi connectivity index (χ4n) is 4.78. The lowest BCUT2D eigenvalue weighted by Gasteiger charge is -2.36. The molecule has 0 radical (unpaired) electrons. The Balaban J connectivity index is 1.42. The van der Waals surface area contributed by atoms with Gasteiger partial charge in [-0.15, -0.1) is 11.3 Å². The maximum Gasteiger partial charge on any atom is 0.341 e. The van der Waals surface area contributed by atoms with Crippen molar-refractivity contribution in [2.45, 2.75) is 25.3 Å². The highest BCUT2D eigenvalue weighted by atomic mass is 35.5. The van der Waals surface area contributed by atoms with Crippen LogP contribution in [0.3, 0.4) is 0 Å². The summed E-state index contributed by atoms with van der Waals surface area (Å²) in [5.74, 6) is -0.622. The SMILES string of the molecule is O=C(O)COc1ccc(Cl)cc1C1c2scnc2CCN1C(=O)CCN1CCc2ccccc21. The highest BCUT2D eigenvalue weighted by molar-refractivity contribution is 7.09. The number of carboxylic acid groups (broad SMARTS) is 1. The fraction of sp³-hybridized carbons (Fsp3) is 0.320. The number of fused-ring (bicyclic) bond motifs is 2. The van der Waals surface area contributed by atoms with Gasteiger partial charge in [-0.3, -0.25) is 4.79 Å². The molecule has 34 heavy (non-hydrogen) atoms. The van der Waals surface area contributed by atoms with Crippen LogP contribution in [0, 0.1) is 0 Å². The number of halogens is 1. The van der Waals surface area contributed by atoms with Crippen molar-refractivity contribution in [3.63, 3.8) is 0 Å². The van der Waals surface area contributed by atoms with Crippen molar-refractivity contribution in [1.82, 2.24) is 9.88 Å². The van der Waals surface area contributed by atoms with E-state index in [4.69, 9.17) is 21.4 Å². The molecule has 0 aliphatic carbocycles. The zero-order valence-corrected chi connectivity index (χ0v) is 20.0. The summed E-state index contributed by atoms with van der Waals surface area (Å²) in [6.07, 6.45) is 2.05. The highest BCUT2D eigenvalue weighted by Gasteiger charge is 2.36. The number of rotatable bonds is 7. The number of para-hydroxylation sites is 1. The van der Waals surface area contributed by atoms with E-state index < -0.39 is 18.6 Å². The second-order valence-corrected chi connectivity index (χ2v) is 9.71. The smallest absolute Gasteiger partial charge is 0.341 e. The number of ether oxygens (including phenoxy) is 1. The van der Waals surface area contributed by atoms with E-state index in [1.165, 1.54) is 22.6 Å². The minimum Gasteiger partial charge on any atom is -0.482 e. The third-order valence-electron chi connectivity index (χ3n) is 6.34. The van der Waals surface area contributed by atoms with Crippen molar-refractivity contribution < 1.29 is 19.4 Å². The largest absolute Gasteiger partial charge is 0.482 e. The summed E-state index contributed by atoms with van der Waals surface area (Å²) in [5, 5.41) is 9.61. The van der Waals surface area contributed by atoms with Gasteiger partial charge in [-0.25, -0.2) is 9.78 Å². The van der Waals surface area contributed by atoms with Gasteiger partial charge in [0.25, 0.3) is 0 Å². The Morgan fingerprint density at radius 1 is 1.18 bits per heavy atom. The van der Waals surface area contributed by atoms with Crippen LogP contribution in [-0.2, 0) is 22.4 Å². The number of carbonyl (C=O) groups is 2. The molecule has 9 heteroatoms. The molecule has 1 atom stereocenters. The lowest BCUT2D eigenvalue weighted by atomic mass is 9.96. The number of thiazole rings is 1. The number of aromatic nitrogens is 1. The zero-order chi connectivity index (χ0) is 23.7. The van der Waals surface area contributed by atoms with Crippen molar-refractivity contribution in [1.29, 1.82) is 0 Å². The average Bonchev–Trinajstić information content (AvgIpc) is 3.48. The van der Waals surface area contributed by atoms with E-state index in [9.17, 15) is 9.59 Å². The summed E-state index contributed by atoms with van der Waals surface area (Å²) in [4.78, 5) is 34.3. The third-order valence-corrected chi connectivity index (χ3v) is 7.50. The van der Waals surface area contributed by atoms with Gasteiger partial charge in [0.05, 0.1) is 22.1 Å². The van der Waals surface area contributed by atoms with Crippen LogP contribution < -0.4 is 9.64 Å². The topological polar surface area (TPSA) is 83.0 Å².